The maximum Gasteiger partial charge on any atom is 0.329 e. The number of nitrogens with zero attached hydrogens (tertiary/aromatic N) is 1. The van der Waals surface area contributed by atoms with Gasteiger partial charge in [-0.05, 0) is 67.3 Å². The molecule has 3 aromatic rings. The van der Waals surface area contributed by atoms with Gasteiger partial charge in [0.25, 0.3) is 0 Å². The minimum absolute atomic E-state index is 0.455. The molecule has 2 amide bonds. The largest absolute Gasteiger partial charge is 0.489 e. The molecule has 0 saturated carbocycles. The molecule has 6 heteroatoms. The van der Waals surface area contributed by atoms with Crippen LogP contribution in [-0.4, -0.2) is 18.0 Å². The molecule has 0 bridgehead atoms. The molecule has 0 aliphatic rings. The summed E-state index contributed by atoms with van der Waals surface area (Å²) in [5.74, 6) is -0.944. The highest BCUT2D eigenvalue weighted by Gasteiger charge is 2.13. The van der Waals surface area contributed by atoms with Crippen LogP contribution in [0.25, 0.3) is 0 Å². The average molecular weight is 415 g/mol. The van der Waals surface area contributed by atoms with Gasteiger partial charge in [0.15, 0.2) is 0 Å². The van der Waals surface area contributed by atoms with E-state index in [1.54, 1.807) is 12.1 Å². The van der Waals surface area contributed by atoms with Crippen molar-refractivity contribution in [1.29, 1.82) is 0 Å². The number of aryl methyl sites for hydroxylation is 3. The van der Waals surface area contributed by atoms with Gasteiger partial charge in [-0.25, -0.2) is 5.43 Å². The first-order valence-electron chi connectivity index (χ1n) is 9.91. The number of amides is 2. The number of anilines is 1. The molecule has 0 fully saturated rings. The second-order valence-corrected chi connectivity index (χ2v) is 7.30. The lowest BCUT2D eigenvalue weighted by atomic mass is 10.1. The van der Waals surface area contributed by atoms with Gasteiger partial charge in [-0.15, -0.1) is 0 Å². The lowest BCUT2D eigenvalue weighted by Gasteiger charge is -2.07. The Bertz CT molecular complexity index is 1110. The van der Waals surface area contributed by atoms with E-state index in [0.29, 0.717) is 18.0 Å². The standard InChI is InChI=1S/C25H25N3O3/c1-17-7-10-20(11-8-17)16-31-23-6-4-5-21(14-23)15-26-28-25(30)24(29)27-22-12-9-18(2)19(3)13-22/h4-15H,16H2,1-3H3,(H,27,29)(H,28,30)/b26-15-. The molecule has 2 N–H and O–H groups in total. The minimum Gasteiger partial charge on any atom is -0.489 e. The third kappa shape index (κ3) is 6.54. The molecule has 6 nitrogen and oxygen atoms in total. The SMILES string of the molecule is Cc1ccc(COc2cccc(/C=N\NC(=O)C(=O)Nc3ccc(C)c(C)c3)c2)cc1. The van der Waals surface area contributed by atoms with Gasteiger partial charge in [-0.3, -0.25) is 9.59 Å². The van der Waals surface area contributed by atoms with Gasteiger partial charge in [-0.1, -0.05) is 48.0 Å². The van der Waals surface area contributed by atoms with E-state index in [2.05, 4.69) is 15.8 Å². The van der Waals surface area contributed by atoms with Gasteiger partial charge in [0.1, 0.15) is 12.4 Å². The summed E-state index contributed by atoms with van der Waals surface area (Å²) in [6.45, 7) is 6.41. The van der Waals surface area contributed by atoms with Crippen LogP contribution in [0.5, 0.6) is 5.75 Å². The molecular formula is C25H25N3O3. The lowest BCUT2D eigenvalue weighted by Crippen LogP contribution is -2.32. The van der Waals surface area contributed by atoms with Crippen LogP contribution < -0.4 is 15.5 Å². The Kier molecular flexibility index (Phi) is 7.17. The molecule has 31 heavy (non-hydrogen) atoms. The molecule has 0 radical (unpaired) electrons. The third-order valence-corrected chi connectivity index (χ3v) is 4.73. The van der Waals surface area contributed by atoms with Crippen LogP contribution in [0.3, 0.4) is 0 Å². The van der Waals surface area contributed by atoms with Crippen molar-refractivity contribution in [2.24, 2.45) is 5.10 Å². The average Bonchev–Trinajstić information content (AvgIpc) is 2.76. The van der Waals surface area contributed by atoms with E-state index in [1.807, 2.05) is 75.4 Å². The molecule has 0 atom stereocenters. The molecule has 0 unspecified atom stereocenters. The Balaban J connectivity index is 1.52. The lowest BCUT2D eigenvalue weighted by molar-refractivity contribution is -0.136. The maximum absolute atomic E-state index is 12.0. The van der Waals surface area contributed by atoms with Gasteiger partial charge >= 0.3 is 11.8 Å². The van der Waals surface area contributed by atoms with Crippen molar-refractivity contribution in [3.63, 3.8) is 0 Å². The molecule has 0 spiro atoms. The van der Waals surface area contributed by atoms with Crippen molar-refractivity contribution >= 4 is 23.7 Å². The van der Waals surface area contributed by atoms with Crippen LogP contribution in [0, 0.1) is 20.8 Å². The number of nitrogens with one attached hydrogen (secondary N) is 2. The van der Waals surface area contributed by atoms with Crippen molar-refractivity contribution < 1.29 is 14.3 Å². The van der Waals surface area contributed by atoms with Crippen LogP contribution in [0.4, 0.5) is 5.69 Å². The molecule has 0 saturated heterocycles. The number of hydrogen-bond acceptors (Lipinski definition) is 4. The molecule has 3 aromatic carbocycles. The second kappa shape index (κ2) is 10.2. The summed E-state index contributed by atoms with van der Waals surface area (Å²) in [5.41, 5.74) is 7.94. The fraction of sp³-hybridized carbons (Fsp3) is 0.160. The van der Waals surface area contributed by atoms with E-state index in [9.17, 15) is 9.59 Å². The number of benzene rings is 3. The normalized spacial score (nSPS) is 10.7. The fourth-order valence-corrected chi connectivity index (χ4v) is 2.76. The summed E-state index contributed by atoms with van der Waals surface area (Å²) in [5, 5.41) is 6.42. The Morgan fingerprint density at radius 3 is 2.42 bits per heavy atom. The molecular weight excluding hydrogens is 390 g/mol. The number of carbonyl (C=O) groups excluding carboxylic acids is 2. The summed E-state index contributed by atoms with van der Waals surface area (Å²) in [7, 11) is 0. The van der Waals surface area contributed by atoms with Crippen LogP contribution in [0.2, 0.25) is 0 Å². The number of hydrazone groups is 1. The molecule has 0 heterocycles. The predicted molar refractivity (Wildman–Crippen MR) is 122 cm³/mol. The zero-order chi connectivity index (χ0) is 22.2. The van der Waals surface area contributed by atoms with Gasteiger partial charge in [0.2, 0.25) is 0 Å². The highest BCUT2D eigenvalue weighted by atomic mass is 16.5. The Labute approximate surface area is 182 Å². The maximum atomic E-state index is 12.0. The van der Waals surface area contributed by atoms with E-state index < -0.39 is 11.8 Å². The molecule has 0 aliphatic carbocycles. The van der Waals surface area contributed by atoms with E-state index in [-0.39, 0.29) is 0 Å². The van der Waals surface area contributed by atoms with Crippen LogP contribution >= 0.6 is 0 Å². The number of carbonyl (C=O) groups is 2. The van der Waals surface area contributed by atoms with Crippen LogP contribution in [-0.2, 0) is 16.2 Å². The van der Waals surface area contributed by atoms with Crippen molar-refractivity contribution in [3.8, 4) is 5.75 Å². The minimum atomic E-state index is -0.846. The highest BCUT2D eigenvalue weighted by molar-refractivity contribution is 6.39. The van der Waals surface area contributed by atoms with Gasteiger partial charge in [-0.2, -0.15) is 5.10 Å². The topological polar surface area (TPSA) is 79.8 Å². The summed E-state index contributed by atoms with van der Waals surface area (Å²) in [4.78, 5) is 24.0. The molecule has 0 aliphatic heterocycles. The fourth-order valence-electron chi connectivity index (χ4n) is 2.76. The number of ether oxygens (including phenoxy) is 1. The Morgan fingerprint density at radius 1 is 0.903 bits per heavy atom. The smallest absolute Gasteiger partial charge is 0.329 e. The summed E-state index contributed by atoms with van der Waals surface area (Å²) >= 11 is 0. The Hall–Kier alpha value is -3.93. The van der Waals surface area contributed by atoms with E-state index in [4.69, 9.17) is 4.74 Å². The van der Waals surface area contributed by atoms with Crippen LogP contribution in [0.1, 0.15) is 27.8 Å². The first-order valence-corrected chi connectivity index (χ1v) is 9.91. The summed E-state index contributed by atoms with van der Waals surface area (Å²) in [6, 6.07) is 20.9. The Morgan fingerprint density at radius 2 is 1.68 bits per heavy atom. The zero-order valence-corrected chi connectivity index (χ0v) is 17.8. The van der Waals surface area contributed by atoms with Gasteiger partial charge in [0, 0.05) is 5.69 Å². The molecule has 3 rings (SSSR count). The third-order valence-electron chi connectivity index (χ3n) is 4.73. The van der Waals surface area contributed by atoms with Crippen molar-refractivity contribution in [2.45, 2.75) is 27.4 Å². The van der Waals surface area contributed by atoms with E-state index in [0.717, 1.165) is 22.3 Å². The van der Waals surface area contributed by atoms with Crippen LogP contribution in [0.15, 0.2) is 71.8 Å². The van der Waals surface area contributed by atoms with Crippen molar-refractivity contribution in [1.82, 2.24) is 5.43 Å². The van der Waals surface area contributed by atoms with Crippen molar-refractivity contribution in [3.05, 3.63) is 94.5 Å². The number of hydrogen-bond donors (Lipinski definition) is 2. The summed E-state index contributed by atoms with van der Waals surface area (Å²) in [6.07, 6.45) is 1.46. The zero-order valence-electron chi connectivity index (χ0n) is 17.8. The molecule has 158 valence electrons. The quantitative estimate of drug-likeness (QED) is 0.358. The number of rotatable bonds is 6. The van der Waals surface area contributed by atoms with Crippen molar-refractivity contribution in [2.75, 3.05) is 5.32 Å². The molecule has 0 aromatic heterocycles. The van der Waals surface area contributed by atoms with Gasteiger partial charge < -0.3 is 10.1 Å². The highest BCUT2D eigenvalue weighted by Crippen LogP contribution is 2.15. The van der Waals surface area contributed by atoms with E-state index in [1.165, 1.54) is 11.8 Å². The predicted octanol–water partition coefficient (Wildman–Crippen LogP) is 4.28. The summed E-state index contributed by atoms with van der Waals surface area (Å²) < 4.78 is 5.81. The first kappa shape index (κ1) is 21.8. The first-order chi connectivity index (χ1) is 14.9. The monoisotopic (exact) mass is 415 g/mol. The second-order valence-electron chi connectivity index (χ2n) is 7.30. The van der Waals surface area contributed by atoms with E-state index >= 15 is 0 Å². The van der Waals surface area contributed by atoms with Gasteiger partial charge in [0.05, 0.1) is 6.21 Å².